The summed E-state index contributed by atoms with van der Waals surface area (Å²) in [6, 6.07) is 6.54. The van der Waals surface area contributed by atoms with Crippen molar-refractivity contribution in [3.63, 3.8) is 0 Å². The first-order chi connectivity index (χ1) is 17.8. The molecule has 6 heterocycles. The van der Waals surface area contributed by atoms with E-state index in [1.54, 1.807) is 25.2 Å². The summed E-state index contributed by atoms with van der Waals surface area (Å²) in [5.74, 6) is 1.78. The predicted molar refractivity (Wildman–Crippen MR) is 145 cm³/mol. The molecule has 6 rings (SSSR count). The lowest BCUT2D eigenvalue weighted by atomic mass is 10.0. The van der Waals surface area contributed by atoms with Gasteiger partial charge in [-0.15, -0.1) is 11.3 Å². The lowest BCUT2D eigenvalue weighted by Gasteiger charge is -2.41. The molecule has 0 unspecified atom stereocenters. The molecule has 11 heteroatoms. The molecule has 0 amide bonds. The Labute approximate surface area is 219 Å². The van der Waals surface area contributed by atoms with Gasteiger partial charge < -0.3 is 20.5 Å². The number of rotatable bonds is 7. The minimum absolute atomic E-state index is 0.391. The van der Waals surface area contributed by atoms with E-state index in [2.05, 4.69) is 42.6 Å². The third-order valence-electron chi connectivity index (χ3n) is 7.11. The Balaban J connectivity index is 1.21. The maximum atomic E-state index is 10.4. The molecule has 37 heavy (non-hydrogen) atoms. The molecule has 0 bridgehead atoms. The molecule has 2 aliphatic heterocycles. The van der Waals surface area contributed by atoms with Crippen LogP contribution in [0.2, 0.25) is 0 Å². The van der Waals surface area contributed by atoms with Gasteiger partial charge in [0, 0.05) is 19.3 Å². The fraction of sp³-hybridized carbons (Fsp3) is 0.462. The standard InChI is InChI=1S/C26H32N8O2S/c1-16-15-37-24-22(16)23(30-21-6-4-5-20(29-21)26(2,3)35)31-25(32-24)28-17-11-27-34(12-17)18-7-9-33(10-8-18)19-13-36-14-19/h4-6,11-12,15,18-19,35H,7-10,13-14H2,1-3H3,(H2,28,29,30,31,32). The number of hydrogen-bond acceptors (Lipinski definition) is 10. The van der Waals surface area contributed by atoms with Crippen molar-refractivity contribution in [1.29, 1.82) is 0 Å². The van der Waals surface area contributed by atoms with Gasteiger partial charge in [0.05, 0.1) is 48.3 Å². The fourth-order valence-electron chi connectivity index (χ4n) is 4.88. The summed E-state index contributed by atoms with van der Waals surface area (Å²) in [6.07, 6.45) is 6.04. The monoisotopic (exact) mass is 520 g/mol. The van der Waals surface area contributed by atoms with E-state index in [4.69, 9.17) is 14.7 Å². The van der Waals surface area contributed by atoms with E-state index in [9.17, 15) is 5.11 Å². The molecule has 4 aromatic heterocycles. The molecule has 0 aromatic carbocycles. The van der Waals surface area contributed by atoms with E-state index in [0.717, 1.165) is 60.6 Å². The van der Waals surface area contributed by atoms with Crippen LogP contribution in [-0.4, -0.2) is 67.1 Å². The summed E-state index contributed by atoms with van der Waals surface area (Å²) in [5.41, 5.74) is 1.50. The first kappa shape index (κ1) is 24.2. The van der Waals surface area contributed by atoms with Crippen molar-refractivity contribution >= 4 is 44.8 Å². The van der Waals surface area contributed by atoms with Gasteiger partial charge in [-0.05, 0) is 56.7 Å². The summed E-state index contributed by atoms with van der Waals surface area (Å²) in [5, 5.41) is 24.8. The Kier molecular flexibility index (Phi) is 6.31. The van der Waals surface area contributed by atoms with Crippen molar-refractivity contribution in [3.05, 3.63) is 47.2 Å². The van der Waals surface area contributed by atoms with Gasteiger partial charge in [0.2, 0.25) is 5.95 Å². The Morgan fingerprint density at radius 2 is 1.89 bits per heavy atom. The van der Waals surface area contributed by atoms with Crippen molar-refractivity contribution in [2.75, 3.05) is 36.9 Å². The molecule has 0 aliphatic carbocycles. The molecule has 0 radical (unpaired) electrons. The second-order valence-corrected chi connectivity index (χ2v) is 11.2. The maximum absolute atomic E-state index is 10.4. The highest BCUT2D eigenvalue weighted by Crippen LogP contribution is 2.33. The number of fused-ring (bicyclic) bond motifs is 1. The SMILES string of the molecule is Cc1csc2nc(Nc3cnn(C4CCN(C5COC5)CC4)c3)nc(Nc3cccc(C(C)(C)O)n3)c12. The van der Waals surface area contributed by atoms with Crippen molar-refractivity contribution in [2.45, 2.75) is 51.3 Å². The molecule has 4 aromatic rings. The van der Waals surface area contributed by atoms with Crippen LogP contribution in [0.1, 0.15) is 44.0 Å². The molecule has 10 nitrogen and oxygen atoms in total. The number of nitrogens with one attached hydrogen (secondary N) is 2. The highest BCUT2D eigenvalue weighted by atomic mass is 32.1. The average Bonchev–Trinajstić information content (AvgIpc) is 3.45. The van der Waals surface area contributed by atoms with Gasteiger partial charge in [-0.2, -0.15) is 10.1 Å². The zero-order chi connectivity index (χ0) is 25.6. The number of thiophene rings is 1. The van der Waals surface area contributed by atoms with Crippen LogP contribution in [0.5, 0.6) is 0 Å². The van der Waals surface area contributed by atoms with Crippen LogP contribution in [0.4, 0.5) is 23.3 Å². The summed E-state index contributed by atoms with van der Waals surface area (Å²) < 4.78 is 7.42. The molecular formula is C26H32N8O2S. The summed E-state index contributed by atoms with van der Waals surface area (Å²) >= 11 is 1.58. The lowest BCUT2D eigenvalue weighted by molar-refractivity contribution is -0.0734. The lowest BCUT2D eigenvalue weighted by Crippen LogP contribution is -2.51. The van der Waals surface area contributed by atoms with Crippen molar-refractivity contribution in [1.82, 2.24) is 29.6 Å². The number of aliphatic hydroxyl groups is 1. The largest absolute Gasteiger partial charge is 0.384 e. The molecule has 194 valence electrons. The molecule has 3 N–H and O–H groups in total. The average molecular weight is 521 g/mol. The Morgan fingerprint density at radius 1 is 1.08 bits per heavy atom. The van der Waals surface area contributed by atoms with Crippen LogP contribution < -0.4 is 10.6 Å². The molecule has 2 saturated heterocycles. The Morgan fingerprint density at radius 3 is 2.62 bits per heavy atom. The zero-order valence-electron chi connectivity index (χ0n) is 21.3. The second-order valence-electron chi connectivity index (χ2n) is 10.4. The van der Waals surface area contributed by atoms with E-state index in [0.29, 0.717) is 35.4 Å². The maximum Gasteiger partial charge on any atom is 0.230 e. The number of likely N-dealkylation sites (tertiary alicyclic amines) is 1. The topological polar surface area (TPSA) is 113 Å². The first-order valence-electron chi connectivity index (χ1n) is 12.7. The molecule has 0 saturated carbocycles. The van der Waals surface area contributed by atoms with Crippen LogP contribution in [0.3, 0.4) is 0 Å². The number of nitrogens with zero attached hydrogens (tertiary/aromatic N) is 6. The van der Waals surface area contributed by atoms with Crippen molar-refractivity contribution < 1.29 is 9.84 Å². The van der Waals surface area contributed by atoms with E-state index in [1.807, 2.05) is 30.6 Å². The van der Waals surface area contributed by atoms with Crippen LogP contribution in [0.15, 0.2) is 36.0 Å². The van der Waals surface area contributed by atoms with Gasteiger partial charge in [0.1, 0.15) is 22.1 Å². The second kappa shape index (κ2) is 9.64. The van der Waals surface area contributed by atoms with E-state index < -0.39 is 5.60 Å². The van der Waals surface area contributed by atoms with Gasteiger partial charge >= 0.3 is 0 Å². The van der Waals surface area contributed by atoms with Crippen LogP contribution >= 0.6 is 11.3 Å². The van der Waals surface area contributed by atoms with Gasteiger partial charge in [-0.25, -0.2) is 9.97 Å². The van der Waals surface area contributed by atoms with Gasteiger partial charge in [-0.1, -0.05) is 6.07 Å². The number of aromatic nitrogens is 5. The van der Waals surface area contributed by atoms with E-state index in [1.165, 1.54) is 0 Å². The van der Waals surface area contributed by atoms with Crippen LogP contribution in [0, 0.1) is 6.92 Å². The van der Waals surface area contributed by atoms with Crippen molar-refractivity contribution in [2.24, 2.45) is 0 Å². The number of aryl methyl sites for hydroxylation is 1. The third kappa shape index (κ3) is 5.04. The van der Waals surface area contributed by atoms with Gasteiger partial charge in [0.15, 0.2) is 0 Å². The molecule has 2 aliphatic rings. The number of hydrogen-bond donors (Lipinski definition) is 3. The smallest absolute Gasteiger partial charge is 0.230 e. The molecule has 0 atom stereocenters. The summed E-state index contributed by atoms with van der Waals surface area (Å²) in [6.45, 7) is 9.39. The van der Waals surface area contributed by atoms with Crippen LogP contribution in [0.25, 0.3) is 10.2 Å². The quantitative estimate of drug-likeness (QED) is 0.327. The minimum Gasteiger partial charge on any atom is -0.384 e. The van der Waals surface area contributed by atoms with E-state index in [-0.39, 0.29) is 0 Å². The fourth-order valence-corrected chi connectivity index (χ4v) is 5.80. The number of ether oxygens (including phenoxy) is 1. The first-order valence-corrected chi connectivity index (χ1v) is 13.6. The summed E-state index contributed by atoms with van der Waals surface area (Å²) in [7, 11) is 0. The Bertz CT molecular complexity index is 1400. The van der Waals surface area contributed by atoms with Gasteiger partial charge in [0.25, 0.3) is 0 Å². The number of pyridine rings is 1. The van der Waals surface area contributed by atoms with Crippen LogP contribution in [-0.2, 0) is 10.3 Å². The molecular weight excluding hydrogens is 488 g/mol. The normalized spacial score (nSPS) is 17.7. The number of anilines is 4. The Hall–Kier alpha value is -3.12. The molecule has 2 fully saturated rings. The molecule has 0 spiro atoms. The van der Waals surface area contributed by atoms with Crippen molar-refractivity contribution in [3.8, 4) is 0 Å². The van der Waals surface area contributed by atoms with Gasteiger partial charge in [-0.3, -0.25) is 9.58 Å². The number of piperidine rings is 1. The highest BCUT2D eigenvalue weighted by molar-refractivity contribution is 7.17. The summed E-state index contributed by atoms with van der Waals surface area (Å²) in [4.78, 5) is 17.6. The highest BCUT2D eigenvalue weighted by Gasteiger charge is 2.30. The third-order valence-corrected chi connectivity index (χ3v) is 8.10. The predicted octanol–water partition coefficient (Wildman–Crippen LogP) is 4.34. The zero-order valence-corrected chi connectivity index (χ0v) is 22.1. The van der Waals surface area contributed by atoms with E-state index >= 15 is 0 Å². The minimum atomic E-state index is -1.04.